The number of benzene rings is 1. The van der Waals surface area contributed by atoms with Crippen LogP contribution in [0.1, 0.15) is 10.9 Å². The molecule has 1 aromatic rings. The van der Waals surface area contributed by atoms with Gasteiger partial charge in [0.05, 0.1) is 10.5 Å². The van der Waals surface area contributed by atoms with Gasteiger partial charge in [0, 0.05) is 6.07 Å². The second-order valence-electron chi connectivity index (χ2n) is 2.72. The molecule has 1 rings (SSSR count). The zero-order chi connectivity index (χ0) is 11.6. The Kier molecular flexibility index (Phi) is 4.06. The van der Waals surface area contributed by atoms with Gasteiger partial charge in [-0.25, -0.2) is 0 Å². The van der Waals surface area contributed by atoms with Crippen LogP contribution in [-0.4, -0.2) is 8.72 Å². The van der Waals surface area contributed by atoms with Crippen LogP contribution in [0.2, 0.25) is 0 Å². The Hall–Kier alpha value is -0.220. The molecule has 82 valence electrons. The van der Waals surface area contributed by atoms with Gasteiger partial charge in [0.1, 0.15) is 5.38 Å². The number of nitrogens with zero attached hydrogens (tertiary/aromatic N) is 1. The number of rotatable bonds is 2. The largest absolute Gasteiger partial charge is 0.274 e. The fraction of sp³-hybridized carbons (Fsp3) is 0.250. The summed E-state index contributed by atoms with van der Waals surface area (Å²) in [6.45, 7) is 0. The van der Waals surface area contributed by atoms with Crippen LogP contribution in [0.4, 0.5) is 5.69 Å². The molecule has 0 N–H and O–H groups in total. The fourth-order valence-electron chi connectivity index (χ4n) is 1.04. The fourth-order valence-corrected chi connectivity index (χ4v) is 1.58. The normalized spacial score (nSPS) is 13.6. The molecule has 7 heteroatoms. The van der Waals surface area contributed by atoms with Gasteiger partial charge in [0.2, 0.25) is 3.79 Å². The molecule has 0 amide bonds. The van der Waals surface area contributed by atoms with Gasteiger partial charge in [0.15, 0.2) is 0 Å². The maximum atomic E-state index is 10.7. The van der Waals surface area contributed by atoms with E-state index in [1.807, 2.05) is 0 Å². The lowest BCUT2D eigenvalue weighted by Gasteiger charge is -2.17. The minimum absolute atomic E-state index is 0.163. The van der Waals surface area contributed by atoms with Crippen LogP contribution in [0.15, 0.2) is 24.3 Å². The van der Waals surface area contributed by atoms with E-state index in [9.17, 15) is 10.1 Å². The molecule has 0 fully saturated rings. The molecule has 3 nitrogen and oxygen atoms in total. The van der Waals surface area contributed by atoms with Crippen LogP contribution >= 0.6 is 46.4 Å². The lowest BCUT2D eigenvalue weighted by atomic mass is 10.1. The Labute approximate surface area is 106 Å². The Balaban J connectivity index is 3.19. The van der Waals surface area contributed by atoms with E-state index in [-0.39, 0.29) is 11.3 Å². The van der Waals surface area contributed by atoms with Gasteiger partial charge in [-0.1, -0.05) is 53.0 Å². The predicted octanol–water partition coefficient (Wildman–Crippen LogP) is 4.24. The van der Waals surface area contributed by atoms with Crippen LogP contribution in [0.25, 0.3) is 0 Å². The molecule has 0 aliphatic carbocycles. The number of halogens is 4. The molecular formula is C8H5Cl4NO2. The third-order valence-corrected chi connectivity index (χ3v) is 3.25. The van der Waals surface area contributed by atoms with Crippen molar-refractivity contribution >= 4 is 52.1 Å². The van der Waals surface area contributed by atoms with Crippen molar-refractivity contribution in [2.24, 2.45) is 0 Å². The van der Waals surface area contributed by atoms with Gasteiger partial charge in [-0.2, -0.15) is 0 Å². The standard InChI is InChI=1S/C8H5Cl4NO2/c9-7(8(10,11)12)5-3-1-2-4-6(5)13(14)15/h1-4,7H. The molecule has 0 radical (unpaired) electrons. The second kappa shape index (κ2) is 4.74. The van der Waals surface area contributed by atoms with Gasteiger partial charge in [-0.05, 0) is 0 Å². The first kappa shape index (κ1) is 12.8. The summed E-state index contributed by atoms with van der Waals surface area (Å²) in [5.74, 6) is 0. The molecule has 15 heavy (non-hydrogen) atoms. The summed E-state index contributed by atoms with van der Waals surface area (Å²) in [5, 5.41) is 9.61. The van der Waals surface area contributed by atoms with Crippen molar-refractivity contribution in [3.63, 3.8) is 0 Å². The first-order valence-electron chi connectivity index (χ1n) is 3.78. The number of alkyl halides is 4. The number of nitro benzene ring substituents is 1. The minimum Gasteiger partial charge on any atom is -0.258 e. The molecule has 0 saturated heterocycles. The number of hydrogen-bond donors (Lipinski definition) is 0. The minimum atomic E-state index is -1.78. The van der Waals surface area contributed by atoms with Crippen molar-refractivity contribution in [3.05, 3.63) is 39.9 Å². The van der Waals surface area contributed by atoms with E-state index in [2.05, 4.69) is 0 Å². The van der Waals surface area contributed by atoms with Crippen LogP contribution in [0.3, 0.4) is 0 Å². The zero-order valence-electron chi connectivity index (χ0n) is 7.16. The molecule has 0 bridgehead atoms. The molecule has 0 saturated carbocycles. The van der Waals surface area contributed by atoms with Gasteiger partial charge in [-0.15, -0.1) is 11.6 Å². The highest BCUT2D eigenvalue weighted by Gasteiger charge is 2.36. The Morgan fingerprint density at radius 3 is 2.27 bits per heavy atom. The zero-order valence-corrected chi connectivity index (χ0v) is 10.2. The summed E-state index contributed by atoms with van der Waals surface area (Å²) >= 11 is 22.5. The quantitative estimate of drug-likeness (QED) is 0.464. The molecular weight excluding hydrogens is 284 g/mol. The topological polar surface area (TPSA) is 43.1 Å². The highest BCUT2D eigenvalue weighted by Crippen LogP contribution is 2.46. The van der Waals surface area contributed by atoms with Crippen molar-refractivity contribution in [1.29, 1.82) is 0 Å². The number of para-hydroxylation sites is 1. The lowest BCUT2D eigenvalue weighted by Crippen LogP contribution is -2.12. The average Bonchev–Trinajstić information content (AvgIpc) is 2.15. The van der Waals surface area contributed by atoms with Gasteiger partial charge >= 0.3 is 0 Å². The average molecular weight is 289 g/mol. The summed E-state index contributed by atoms with van der Waals surface area (Å²) in [6, 6.07) is 5.87. The summed E-state index contributed by atoms with van der Waals surface area (Å²) in [5.41, 5.74) is 0.0213. The van der Waals surface area contributed by atoms with Gasteiger partial charge in [0.25, 0.3) is 5.69 Å². The van der Waals surface area contributed by atoms with Crippen molar-refractivity contribution < 1.29 is 4.92 Å². The summed E-state index contributed by atoms with van der Waals surface area (Å²) in [7, 11) is 0. The molecule has 0 aromatic heterocycles. The Morgan fingerprint density at radius 2 is 1.80 bits per heavy atom. The summed E-state index contributed by atoms with van der Waals surface area (Å²) < 4.78 is -1.78. The highest BCUT2D eigenvalue weighted by molar-refractivity contribution is 6.70. The van der Waals surface area contributed by atoms with Gasteiger partial charge < -0.3 is 0 Å². The Bertz CT molecular complexity index is 377. The summed E-state index contributed by atoms with van der Waals surface area (Å²) in [6.07, 6.45) is 0. The van der Waals surface area contributed by atoms with E-state index in [0.29, 0.717) is 0 Å². The molecule has 1 atom stereocenters. The monoisotopic (exact) mass is 287 g/mol. The number of hydrogen-bond acceptors (Lipinski definition) is 2. The van der Waals surface area contributed by atoms with E-state index in [0.717, 1.165) is 0 Å². The Morgan fingerprint density at radius 1 is 1.27 bits per heavy atom. The van der Waals surface area contributed by atoms with Crippen molar-refractivity contribution in [2.45, 2.75) is 9.17 Å². The van der Waals surface area contributed by atoms with Gasteiger partial charge in [-0.3, -0.25) is 10.1 Å². The first-order valence-corrected chi connectivity index (χ1v) is 5.35. The second-order valence-corrected chi connectivity index (χ2v) is 5.53. The molecule has 1 unspecified atom stereocenters. The molecule has 0 aliphatic rings. The van der Waals surface area contributed by atoms with Crippen molar-refractivity contribution in [3.8, 4) is 0 Å². The van der Waals surface area contributed by atoms with Crippen LogP contribution < -0.4 is 0 Å². The third-order valence-electron chi connectivity index (χ3n) is 1.69. The lowest BCUT2D eigenvalue weighted by molar-refractivity contribution is -0.385. The molecule has 1 aromatic carbocycles. The van der Waals surface area contributed by atoms with E-state index in [4.69, 9.17) is 46.4 Å². The number of nitro groups is 1. The van der Waals surface area contributed by atoms with Crippen LogP contribution in [0, 0.1) is 10.1 Å². The molecule has 0 heterocycles. The first-order chi connectivity index (χ1) is 6.84. The van der Waals surface area contributed by atoms with E-state index in [1.165, 1.54) is 18.2 Å². The van der Waals surface area contributed by atoms with Crippen LogP contribution in [-0.2, 0) is 0 Å². The van der Waals surface area contributed by atoms with E-state index >= 15 is 0 Å². The smallest absolute Gasteiger partial charge is 0.258 e. The van der Waals surface area contributed by atoms with E-state index in [1.54, 1.807) is 6.07 Å². The van der Waals surface area contributed by atoms with Crippen LogP contribution in [0.5, 0.6) is 0 Å². The third kappa shape index (κ3) is 3.11. The van der Waals surface area contributed by atoms with Crippen molar-refractivity contribution in [2.75, 3.05) is 0 Å². The molecule has 0 spiro atoms. The maximum absolute atomic E-state index is 10.7. The SMILES string of the molecule is O=[N+]([O-])c1ccccc1C(Cl)C(Cl)(Cl)Cl. The van der Waals surface area contributed by atoms with E-state index < -0.39 is 14.1 Å². The van der Waals surface area contributed by atoms with Crippen molar-refractivity contribution in [1.82, 2.24) is 0 Å². The maximum Gasteiger partial charge on any atom is 0.274 e. The predicted molar refractivity (Wildman–Crippen MR) is 62.0 cm³/mol. The summed E-state index contributed by atoms with van der Waals surface area (Å²) in [4.78, 5) is 10.1. The highest BCUT2D eigenvalue weighted by atomic mass is 35.6. The molecule has 0 aliphatic heterocycles.